The molecule has 94 valence electrons. The highest BCUT2D eigenvalue weighted by Gasteiger charge is 2.34. The molecule has 0 unspecified atom stereocenters. The first-order chi connectivity index (χ1) is 8.65. The number of fused-ring (bicyclic) bond motifs is 1. The second kappa shape index (κ2) is 3.86. The monoisotopic (exact) mass is 249 g/mol. The van der Waals surface area contributed by atoms with Crippen LogP contribution in [0, 0.1) is 0 Å². The number of carboxylic acid groups (broad SMARTS) is 1. The summed E-state index contributed by atoms with van der Waals surface area (Å²) < 4.78 is 6.58. The lowest BCUT2D eigenvalue weighted by atomic mass is 9.86. The van der Waals surface area contributed by atoms with Gasteiger partial charge in [0.15, 0.2) is 11.2 Å². The van der Waals surface area contributed by atoms with Gasteiger partial charge in [-0.1, -0.05) is 0 Å². The molecular formula is C11H11N3O4. The fourth-order valence-corrected chi connectivity index (χ4v) is 2.29. The van der Waals surface area contributed by atoms with E-state index in [1.165, 1.54) is 4.57 Å². The number of oxazole rings is 1. The second-order valence-corrected chi connectivity index (χ2v) is 4.33. The van der Waals surface area contributed by atoms with Crippen LogP contribution in [0.25, 0.3) is 11.2 Å². The zero-order valence-electron chi connectivity index (χ0n) is 9.37. The van der Waals surface area contributed by atoms with Gasteiger partial charge >= 0.3 is 11.8 Å². The van der Waals surface area contributed by atoms with Gasteiger partial charge in [-0.25, -0.2) is 14.6 Å². The van der Waals surface area contributed by atoms with E-state index in [4.69, 9.17) is 9.52 Å². The predicted octanol–water partition coefficient (Wildman–Crippen LogP) is 0.961. The van der Waals surface area contributed by atoms with Crippen molar-refractivity contribution in [1.82, 2.24) is 14.9 Å². The number of rotatable bonds is 2. The first-order valence-electron chi connectivity index (χ1n) is 5.60. The summed E-state index contributed by atoms with van der Waals surface area (Å²) in [7, 11) is 0. The SMILES string of the molecule is O=C(O)NC1CC(n2c(=O)oc3cccnc32)C1. The van der Waals surface area contributed by atoms with Gasteiger partial charge in [0, 0.05) is 18.3 Å². The molecule has 0 radical (unpaired) electrons. The summed E-state index contributed by atoms with van der Waals surface area (Å²) in [5.74, 6) is -0.442. The molecule has 1 aliphatic rings. The van der Waals surface area contributed by atoms with Crippen LogP contribution in [0.15, 0.2) is 27.5 Å². The Hall–Kier alpha value is -2.31. The minimum Gasteiger partial charge on any atom is -0.465 e. The van der Waals surface area contributed by atoms with E-state index >= 15 is 0 Å². The number of aromatic nitrogens is 2. The largest absolute Gasteiger partial charge is 0.465 e. The van der Waals surface area contributed by atoms with Gasteiger partial charge in [-0.3, -0.25) is 4.57 Å². The fourth-order valence-electron chi connectivity index (χ4n) is 2.29. The number of pyridine rings is 1. The molecule has 2 aromatic rings. The normalized spacial score (nSPS) is 22.7. The van der Waals surface area contributed by atoms with Crippen LogP contribution in [0.2, 0.25) is 0 Å². The van der Waals surface area contributed by atoms with Gasteiger partial charge in [0.05, 0.1) is 0 Å². The van der Waals surface area contributed by atoms with Gasteiger partial charge in [0.25, 0.3) is 0 Å². The smallest absolute Gasteiger partial charge is 0.421 e. The Bertz CT molecular complexity index is 654. The fraction of sp³-hybridized carbons (Fsp3) is 0.364. The van der Waals surface area contributed by atoms with Crippen molar-refractivity contribution >= 4 is 17.3 Å². The van der Waals surface area contributed by atoms with E-state index in [2.05, 4.69) is 10.3 Å². The molecule has 1 fully saturated rings. The summed E-state index contributed by atoms with van der Waals surface area (Å²) in [6.45, 7) is 0. The molecule has 1 amide bonds. The van der Waals surface area contributed by atoms with Crippen LogP contribution in [-0.2, 0) is 0 Å². The Morgan fingerprint density at radius 3 is 3.06 bits per heavy atom. The molecular weight excluding hydrogens is 238 g/mol. The standard InChI is InChI=1S/C11H11N3O4/c15-10(16)13-6-4-7(5-6)14-9-8(18-11(14)17)2-1-3-12-9/h1-3,6-7,13H,4-5H2,(H,15,16). The summed E-state index contributed by atoms with van der Waals surface area (Å²) in [6, 6.07) is 3.23. The van der Waals surface area contributed by atoms with E-state index in [0.29, 0.717) is 24.1 Å². The van der Waals surface area contributed by atoms with Crippen LogP contribution in [0.4, 0.5) is 4.79 Å². The third kappa shape index (κ3) is 1.64. The van der Waals surface area contributed by atoms with Gasteiger partial charge in [-0.15, -0.1) is 0 Å². The van der Waals surface area contributed by atoms with E-state index in [9.17, 15) is 9.59 Å². The number of amides is 1. The molecule has 2 N–H and O–H groups in total. The van der Waals surface area contributed by atoms with Crippen molar-refractivity contribution in [3.05, 3.63) is 28.9 Å². The van der Waals surface area contributed by atoms with Crippen molar-refractivity contribution < 1.29 is 14.3 Å². The number of hydrogen-bond donors (Lipinski definition) is 2. The lowest BCUT2D eigenvalue weighted by molar-refractivity contribution is 0.166. The molecule has 1 saturated carbocycles. The summed E-state index contributed by atoms with van der Waals surface area (Å²) in [5.41, 5.74) is 0.971. The third-order valence-electron chi connectivity index (χ3n) is 3.18. The molecule has 3 rings (SSSR count). The Balaban J connectivity index is 1.86. The number of nitrogens with one attached hydrogen (secondary N) is 1. The molecule has 2 aromatic heterocycles. The van der Waals surface area contributed by atoms with Crippen molar-refractivity contribution in [2.75, 3.05) is 0 Å². The van der Waals surface area contributed by atoms with Crippen LogP contribution in [0.5, 0.6) is 0 Å². The molecule has 0 bridgehead atoms. The van der Waals surface area contributed by atoms with Crippen LogP contribution < -0.4 is 11.1 Å². The Kier molecular flexibility index (Phi) is 2.32. The van der Waals surface area contributed by atoms with Crippen LogP contribution in [-0.4, -0.2) is 26.8 Å². The van der Waals surface area contributed by atoms with E-state index < -0.39 is 11.8 Å². The Morgan fingerprint density at radius 2 is 2.33 bits per heavy atom. The molecule has 0 atom stereocenters. The predicted molar refractivity (Wildman–Crippen MR) is 61.5 cm³/mol. The summed E-state index contributed by atoms with van der Waals surface area (Å²) in [4.78, 5) is 26.3. The average Bonchev–Trinajstić information content (AvgIpc) is 2.59. The highest BCUT2D eigenvalue weighted by atomic mass is 16.4. The van der Waals surface area contributed by atoms with E-state index in [1.54, 1.807) is 18.3 Å². The molecule has 0 aliphatic heterocycles. The highest BCUT2D eigenvalue weighted by molar-refractivity contribution is 5.68. The van der Waals surface area contributed by atoms with Crippen molar-refractivity contribution in [2.24, 2.45) is 0 Å². The maximum Gasteiger partial charge on any atom is 0.421 e. The van der Waals surface area contributed by atoms with Crippen molar-refractivity contribution in [2.45, 2.75) is 24.9 Å². The molecule has 0 spiro atoms. The second-order valence-electron chi connectivity index (χ2n) is 4.33. The minimum absolute atomic E-state index is 0.0505. The minimum atomic E-state index is -1.04. The lowest BCUT2D eigenvalue weighted by Crippen LogP contribution is -2.46. The maximum atomic E-state index is 11.7. The quantitative estimate of drug-likeness (QED) is 0.826. The zero-order chi connectivity index (χ0) is 12.7. The van der Waals surface area contributed by atoms with Crippen LogP contribution in [0.3, 0.4) is 0 Å². The third-order valence-corrected chi connectivity index (χ3v) is 3.18. The number of hydrogen-bond acceptors (Lipinski definition) is 4. The van der Waals surface area contributed by atoms with Crippen LogP contribution >= 0.6 is 0 Å². The lowest BCUT2D eigenvalue weighted by Gasteiger charge is -2.34. The maximum absolute atomic E-state index is 11.7. The van der Waals surface area contributed by atoms with Gasteiger partial charge in [-0.05, 0) is 25.0 Å². The van der Waals surface area contributed by atoms with Crippen molar-refractivity contribution in [3.8, 4) is 0 Å². The van der Waals surface area contributed by atoms with E-state index in [1.807, 2.05) is 0 Å². The van der Waals surface area contributed by atoms with Gasteiger partial charge < -0.3 is 14.8 Å². The van der Waals surface area contributed by atoms with Crippen molar-refractivity contribution in [1.29, 1.82) is 0 Å². The van der Waals surface area contributed by atoms with Crippen molar-refractivity contribution in [3.63, 3.8) is 0 Å². The molecule has 7 nitrogen and oxygen atoms in total. The van der Waals surface area contributed by atoms with Gasteiger partial charge in [-0.2, -0.15) is 0 Å². The van der Waals surface area contributed by atoms with Crippen LogP contribution in [0.1, 0.15) is 18.9 Å². The highest BCUT2D eigenvalue weighted by Crippen LogP contribution is 2.33. The molecule has 0 aromatic carbocycles. The molecule has 18 heavy (non-hydrogen) atoms. The Labute approximate surface area is 101 Å². The molecule has 7 heteroatoms. The number of carbonyl (C=O) groups is 1. The van der Waals surface area contributed by atoms with Gasteiger partial charge in [0.1, 0.15) is 0 Å². The van der Waals surface area contributed by atoms with E-state index in [-0.39, 0.29) is 12.1 Å². The molecule has 0 saturated heterocycles. The summed E-state index contributed by atoms with van der Waals surface area (Å²) in [5, 5.41) is 11.0. The average molecular weight is 249 g/mol. The summed E-state index contributed by atoms with van der Waals surface area (Å²) >= 11 is 0. The molecule has 2 heterocycles. The topological polar surface area (TPSA) is 97.4 Å². The summed E-state index contributed by atoms with van der Waals surface area (Å²) in [6.07, 6.45) is 1.72. The van der Waals surface area contributed by atoms with E-state index in [0.717, 1.165) is 0 Å². The molecule has 1 aliphatic carbocycles. The van der Waals surface area contributed by atoms with Gasteiger partial charge in [0.2, 0.25) is 0 Å². The number of nitrogens with zero attached hydrogens (tertiary/aromatic N) is 2. The first kappa shape index (κ1) is 10.8. The first-order valence-corrected chi connectivity index (χ1v) is 5.60. The zero-order valence-corrected chi connectivity index (χ0v) is 9.37. The Morgan fingerprint density at radius 1 is 1.56 bits per heavy atom.